The number of methoxy groups -OCH3 is 1. The molecule has 5 nitrogen and oxygen atoms in total. The summed E-state index contributed by atoms with van der Waals surface area (Å²) in [4.78, 5) is 11.8. The number of para-hydroxylation sites is 1. The van der Waals surface area contributed by atoms with Crippen molar-refractivity contribution in [2.24, 2.45) is 0 Å². The molecule has 0 aromatic heterocycles. The number of rotatable bonds is 8. The number of halogens is 1. The smallest absolute Gasteiger partial charge is 0.238 e. The molecule has 0 aliphatic heterocycles. The van der Waals surface area contributed by atoms with Crippen LogP contribution in [-0.2, 0) is 9.53 Å². The molecular formula is C13H19BrN2O3. The van der Waals surface area contributed by atoms with E-state index in [1.807, 2.05) is 24.3 Å². The highest BCUT2D eigenvalue weighted by atomic mass is 79.9. The number of ether oxygens (including phenoxy) is 1. The Morgan fingerprint density at radius 2 is 2.21 bits per heavy atom. The second kappa shape index (κ2) is 9.03. The summed E-state index contributed by atoms with van der Waals surface area (Å²) in [5, 5.41) is 14.7. The average Bonchev–Trinajstić information content (AvgIpc) is 2.39. The fourth-order valence-corrected chi connectivity index (χ4v) is 1.98. The van der Waals surface area contributed by atoms with Gasteiger partial charge in [-0.1, -0.05) is 12.1 Å². The summed E-state index contributed by atoms with van der Waals surface area (Å²) < 4.78 is 5.85. The van der Waals surface area contributed by atoms with Crippen LogP contribution in [0.4, 0.5) is 5.69 Å². The lowest BCUT2D eigenvalue weighted by atomic mass is 10.2. The summed E-state index contributed by atoms with van der Waals surface area (Å²) in [7, 11) is 1.59. The van der Waals surface area contributed by atoms with Crippen molar-refractivity contribution in [3.8, 4) is 0 Å². The van der Waals surface area contributed by atoms with Crippen LogP contribution >= 0.6 is 15.9 Å². The Morgan fingerprint density at radius 1 is 1.47 bits per heavy atom. The molecule has 1 aromatic carbocycles. The van der Waals surface area contributed by atoms with Gasteiger partial charge in [-0.3, -0.25) is 4.79 Å². The van der Waals surface area contributed by atoms with Gasteiger partial charge in [0.1, 0.15) is 0 Å². The number of carbonyl (C=O) groups is 1. The van der Waals surface area contributed by atoms with Gasteiger partial charge in [-0.15, -0.1) is 0 Å². The standard InChI is InChI=1S/C13H19BrN2O3/c1-19-9-10(6-7-17)15-8-13(18)16-12-5-3-2-4-11(12)14/h2-5,10,15,17H,6-9H2,1H3,(H,16,18). The highest BCUT2D eigenvalue weighted by Crippen LogP contribution is 2.20. The molecule has 0 saturated carbocycles. The fourth-order valence-electron chi connectivity index (χ4n) is 1.60. The molecule has 0 fully saturated rings. The molecule has 1 amide bonds. The van der Waals surface area contributed by atoms with Crippen LogP contribution in [0.25, 0.3) is 0 Å². The SMILES string of the molecule is COCC(CCO)NCC(=O)Nc1ccccc1Br. The number of hydrogen-bond acceptors (Lipinski definition) is 4. The lowest BCUT2D eigenvalue weighted by molar-refractivity contribution is -0.115. The quantitative estimate of drug-likeness (QED) is 0.673. The zero-order valence-corrected chi connectivity index (χ0v) is 12.4. The number of hydrogen-bond donors (Lipinski definition) is 3. The molecule has 0 aliphatic rings. The first-order valence-corrected chi connectivity index (χ1v) is 6.84. The molecule has 1 unspecified atom stereocenters. The number of carbonyl (C=O) groups excluding carboxylic acids is 1. The van der Waals surface area contributed by atoms with Crippen molar-refractivity contribution in [3.05, 3.63) is 28.7 Å². The molecule has 0 saturated heterocycles. The Bertz CT molecular complexity index is 395. The van der Waals surface area contributed by atoms with Crippen molar-refractivity contribution in [1.29, 1.82) is 0 Å². The molecule has 1 rings (SSSR count). The van der Waals surface area contributed by atoms with Crippen LogP contribution < -0.4 is 10.6 Å². The summed E-state index contributed by atoms with van der Waals surface area (Å²) in [6.45, 7) is 0.700. The number of aliphatic hydroxyl groups is 1. The van der Waals surface area contributed by atoms with E-state index in [9.17, 15) is 4.79 Å². The van der Waals surface area contributed by atoms with Crippen molar-refractivity contribution in [2.75, 3.05) is 32.2 Å². The van der Waals surface area contributed by atoms with Crippen molar-refractivity contribution in [2.45, 2.75) is 12.5 Å². The molecule has 1 atom stereocenters. The first kappa shape index (κ1) is 16.1. The van der Waals surface area contributed by atoms with Gasteiger partial charge in [-0.05, 0) is 34.5 Å². The van der Waals surface area contributed by atoms with E-state index in [4.69, 9.17) is 9.84 Å². The predicted molar refractivity (Wildman–Crippen MR) is 78.1 cm³/mol. The van der Waals surface area contributed by atoms with Gasteiger partial charge in [0, 0.05) is 24.2 Å². The van der Waals surface area contributed by atoms with Crippen LogP contribution in [0.15, 0.2) is 28.7 Å². The van der Waals surface area contributed by atoms with Gasteiger partial charge in [0.2, 0.25) is 5.91 Å². The Kier molecular flexibility index (Phi) is 7.66. The number of anilines is 1. The van der Waals surface area contributed by atoms with Crippen molar-refractivity contribution in [1.82, 2.24) is 5.32 Å². The fraction of sp³-hybridized carbons (Fsp3) is 0.462. The Labute approximate surface area is 121 Å². The van der Waals surface area contributed by atoms with Crippen LogP contribution in [0.2, 0.25) is 0 Å². The van der Waals surface area contributed by atoms with E-state index >= 15 is 0 Å². The summed E-state index contributed by atoms with van der Waals surface area (Å²) in [6.07, 6.45) is 0.552. The summed E-state index contributed by atoms with van der Waals surface area (Å²) in [6, 6.07) is 7.39. The van der Waals surface area contributed by atoms with Gasteiger partial charge < -0.3 is 20.5 Å². The molecule has 0 spiro atoms. The molecular weight excluding hydrogens is 312 g/mol. The van der Waals surface area contributed by atoms with Gasteiger partial charge in [-0.25, -0.2) is 0 Å². The molecule has 3 N–H and O–H groups in total. The van der Waals surface area contributed by atoms with Gasteiger partial charge in [0.15, 0.2) is 0 Å². The van der Waals surface area contributed by atoms with E-state index in [-0.39, 0.29) is 25.1 Å². The predicted octanol–water partition coefficient (Wildman–Crippen LogP) is 1.37. The minimum Gasteiger partial charge on any atom is -0.396 e. The van der Waals surface area contributed by atoms with E-state index < -0.39 is 0 Å². The van der Waals surface area contributed by atoms with Crippen molar-refractivity contribution in [3.63, 3.8) is 0 Å². The molecule has 0 aliphatic carbocycles. The second-order valence-corrected chi connectivity index (χ2v) is 4.93. The first-order chi connectivity index (χ1) is 9.17. The van der Waals surface area contributed by atoms with Gasteiger partial charge in [0.05, 0.1) is 18.8 Å². The largest absolute Gasteiger partial charge is 0.396 e. The number of aliphatic hydroxyl groups excluding tert-OH is 1. The third-order valence-electron chi connectivity index (χ3n) is 2.54. The molecule has 106 valence electrons. The van der Waals surface area contributed by atoms with Gasteiger partial charge in [-0.2, -0.15) is 0 Å². The van der Waals surface area contributed by atoms with Crippen LogP contribution in [0, 0.1) is 0 Å². The van der Waals surface area contributed by atoms with E-state index in [2.05, 4.69) is 26.6 Å². The first-order valence-electron chi connectivity index (χ1n) is 6.05. The summed E-state index contributed by atoms with van der Waals surface area (Å²) >= 11 is 3.37. The highest BCUT2D eigenvalue weighted by Gasteiger charge is 2.10. The molecule has 0 heterocycles. The monoisotopic (exact) mass is 330 g/mol. The molecule has 0 radical (unpaired) electrons. The van der Waals surface area contributed by atoms with E-state index in [0.29, 0.717) is 13.0 Å². The summed E-state index contributed by atoms with van der Waals surface area (Å²) in [5.74, 6) is -0.133. The third kappa shape index (κ3) is 6.15. The lowest BCUT2D eigenvalue weighted by Crippen LogP contribution is -2.39. The maximum Gasteiger partial charge on any atom is 0.238 e. The topological polar surface area (TPSA) is 70.6 Å². The minimum atomic E-state index is -0.133. The van der Waals surface area contributed by atoms with E-state index in [1.54, 1.807) is 7.11 Å². The van der Waals surface area contributed by atoms with Crippen LogP contribution in [0.5, 0.6) is 0 Å². The molecule has 19 heavy (non-hydrogen) atoms. The number of benzene rings is 1. The van der Waals surface area contributed by atoms with Gasteiger partial charge >= 0.3 is 0 Å². The highest BCUT2D eigenvalue weighted by molar-refractivity contribution is 9.10. The molecule has 0 bridgehead atoms. The number of amides is 1. The third-order valence-corrected chi connectivity index (χ3v) is 3.24. The Morgan fingerprint density at radius 3 is 2.84 bits per heavy atom. The van der Waals surface area contributed by atoms with Crippen LogP contribution in [-0.4, -0.2) is 43.9 Å². The Balaban J connectivity index is 2.40. The van der Waals surface area contributed by atoms with Crippen molar-refractivity contribution < 1.29 is 14.6 Å². The normalized spacial score (nSPS) is 12.2. The zero-order valence-electron chi connectivity index (χ0n) is 10.9. The summed E-state index contributed by atoms with van der Waals surface area (Å²) in [5.41, 5.74) is 0.736. The zero-order chi connectivity index (χ0) is 14.1. The van der Waals surface area contributed by atoms with Crippen LogP contribution in [0.1, 0.15) is 6.42 Å². The average molecular weight is 331 g/mol. The molecule has 6 heteroatoms. The van der Waals surface area contributed by atoms with E-state index in [0.717, 1.165) is 10.2 Å². The van der Waals surface area contributed by atoms with Crippen LogP contribution in [0.3, 0.4) is 0 Å². The van der Waals surface area contributed by atoms with Gasteiger partial charge in [0.25, 0.3) is 0 Å². The number of nitrogens with one attached hydrogen (secondary N) is 2. The maximum absolute atomic E-state index is 11.8. The molecule has 1 aromatic rings. The second-order valence-electron chi connectivity index (χ2n) is 4.07. The lowest BCUT2D eigenvalue weighted by Gasteiger charge is -2.16. The minimum absolute atomic E-state index is 0.0278. The van der Waals surface area contributed by atoms with E-state index in [1.165, 1.54) is 0 Å². The van der Waals surface area contributed by atoms with Crippen molar-refractivity contribution >= 4 is 27.5 Å². The maximum atomic E-state index is 11.8. The Hall–Kier alpha value is -0.950.